The van der Waals surface area contributed by atoms with E-state index >= 15 is 0 Å². The Balaban J connectivity index is 2.25. The van der Waals surface area contributed by atoms with Gasteiger partial charge < -0.3 is 4.90 Å². The summed E-state index contributed by atoms with van der Waals surface area (Å²) in [6.07, 6.45) is 0. The number of hydrogen-bond acceptors (Lipinski definition) is 3. The lowest BCUT2D eigenvalue weighted by atomic mass is 10.2. The second-order valence-corrected chi connectivity index (χ2v) is 6.46. The summed E-state index contributed by atoms with van der Waals surface area (Å²) in [4.78, 5) is 12.0. The van der Waals surface area contributed by atoms with Gasteiger partial charge in [-0.25, -0.2) is 17.2 Å². The van der Waals surface area contributed by atoms with Gasteiger partial charge in [0.25, 0.3) is 10.0 Å². The van der Waals surface area contributed by atoms with Crippen LogP contribution in [-0.4, -0.2) is 21.4 Å². The molecule has 1 amide bonds. The molecule has 0 atom stereocenters. The van der Waals surface area contributed by atoms with Gasteiger partial charge in [0.2, 0.25) is 5.91 Å². The number of halogens is 2. The van der Waals surface area contributed by atoms with Crippen LogP contribution in [0.25, 0.3) is 0 Å². The minimum Gasteiger partial charge on any atom is -0.316 e. The van der Waals surface area contributed by atoms with Crippen LogP contribution in [0.2, 0.25) is 0 Å². The molecule has 122 valence electrons. The lowest BCUT2D eigenvalue weighted by Gasteiger charge is -2.15. The summed E-state index contributed by atoms with van der Waals surface area (Å²) < 4.78 is 52.9. The Kier molecular flexibility index (Phi) is 4.65. The summed E-state index contributed by atoms with van der Waals surface area (Å²) in [6.45, 7) is 1.40. The Labute approximate surface area is 132 Å². The molecule has 5 nitrogen and oxygen atoms in total. The number of nitrogens with one attached hydrogen (secondary N) is 1. The second-order valence-electron chi connectivity index (χ2n) is 4.81. The number of rotatable bonds is 4. The maximum absolute atomic E-state index is 13.6. The van der Waals surface area contributed by atoms with Crippen molar-refractivity contribution in [1.82, 2.24) is 0 Å². The Hall–Kier alpha value is -2.48. The number of amides is 1. The number of sulfonamides is 1. The predicted octanol–water partition coefficient (Wildman–Crippen LogP) is 2.75. The van der Waals surface area contributed by atoms with E-state index in [1.54, 1.807) is 19.2 Å². The van der Waals surface area contributed by atoms with Crippen LogP contribution in [0.5, 0.6) is 0 Å². The van der Waals surface area contributed by atoms with E-state index in [2.05, 4.69) is 4.72 Å². The molecule has 0 aliphatic rings. The van der Waals surface area contributed by atoms with Crippen LogP contribution >= 0.6 is 0 Å². The number of hydrogen-bond donors (Lipinski definition) is 1. The monoisotopic (exact) mass is 340 g/mol. The van der Waals surface area contributed by atoms with Crippen molar-refractivity contribution in [1.29, 1.82) is 0 Å². The third kappa shape index (κ3) is 3.84. The topological polar surface area (TPSA) is 66.5 Å². The van der Waals surface area contributed by atoms with Gasteiger partial charge in [0.1, 0.15) is 16.5 Å². The Morgan fingerprint density at radius 2 is 1.70 bits per heavy atom. The van der Waals surface area contributed by atoms with Gasteiger partial charge in [-0.3, -0.25) is 9.52 Å². The maximum atomic E-state index is 13.6. The summed E-state index contributed by atoms with van der Waals surface area (Å²) in [6, 6.07) is 8.18. The normalized spacial score (nSPS) is 11.1. The van der Waals surface area contributed by atoms with E-state index in [0.29, 0.717) is 11.8 Å². The van der Waals surface area contributed by atoms with Gasteiger partial charge in [0.15, 0.2) is 0 Å². The molecule has 0 unspecified atom stereocenters. The van der Waals surface area contributed by atoms with Crippen molar-refractivity contribution >= 4 is 27.3 Å². The third-order valence-electron chi connectivity index (χ3n) is 3.16. The number of carbonyl (C=O) groups excluding carboxylic acids is 1. The summed E-state index contributed by atoms with van der Waals surface area (Å²) >= 11 is 0. The average Bonchev–Trinajstić information content (AvgIpc) is 2.46. The Morgan fingerprint density at radius 3 is 2.22 bits per heavy atom. The molecule has 8 heteroatoms. The van der Waals surface area contributed by atoms with E-state index in [1.165, 1.54) is 24.0 Å². The van der Waals surface area contributed by atoms with E-state index in [4.69, 9.17) is 0 Å². The summed E-state index contributed by atoms with van der Waals surface area (Å²) in [5.41, 5.74) is 0.767. The highest BCUT2D eigenvalue weighted by atomic mass is 32.2. The molecule has 2 rings (SSSR count). The van der Waals surface area contributed by atoms with Gasteiger partial charge in [0.05, 0.1) is 0 Å². The summed E-state index contributed by atoms with van der Waals surface area (Å²) in [7, 11) is -2.60. The zero-order valence-electron chi connectivity index (χ0n) is 12.4. The van der Waals surface area contributed by atoms with E-state index in [0.717, 1.165) is 12.1 Å². The standard InChI is InChI=1S/C15H14F2N2O3S/c1-10(20)19(2)13-6-4-12(5-7-13)18-23(21,22)15-8-3-11(16)9-14(15)17/h3-9,18H,1-2H3. The zero-order chi connectivity index (χ0) is 17.2. The van der Waals surface area contributed by atoms with Crippen molar-refractivity contribution in [2.24, 2.45) is 0 Å². The van der Waals surface area contributed by atoms with E-state index in [1.807, 2.05) is 0 Å². The van der Waals surface area contributed by atoms with E-state index in [-0.39, 0.29) is 11.6 Å². The highest BCUT2D eigenvalue weighted by Gasteiger charge is 2.19. The van der Waals surface area contributed by atoms with Crippen molar-refractivity contribution in [2.75, 3.05) is 16.7 Å². The number of benzene rings is 2. The molecule has 0 heterocycles. The molecule has 0 aliphatic carbocycles. The van der Waals surface area contributed by atoms with Gasteiger partial charge in [-0.15, -0.1) is 0 Å². The van der Waals surface area contributed by atoms with Crippen LogP contribution in [-0.2, 0) is 14.8 Å². The van der Waals surface area contributed by atoms with Crippen LogP contribution in [0.1, 0.15) is 6.92 Å². The van der Waals surface area contributed by atoms with Crippen molar-refractivity contribution < 1.29 is 22.0 Å². The highest BCUT2D eigenvalue weighted by molar-refractivity contribution is 7.92. The first-order valence-electron chi connectivity index (χ1n) is 6.53. The van der Waals surface area contributed by atoms with Crippen LogP contribution in [0.3, 0.4) is 0 Å². The molecule has 0 radical (unpaired) electrons. The summed E-state index contributed by atoms with van der Waals surface area (Å²) in [5, 5.41) is 0. The third-order valence-corrected chi connectivity index (χ3v) is 4.58. The average molecular weight is 340 g/mol. The lowest BCUT2D eigenvalue weighted by Crippen LogP contribution is -2.22. The molecular weight excluding hydrogens is 326 g/mol. The minimum absolute atomic E-state index is 0.174. The van der Waals surface area contributed by atoms with Gasteiger partial charge >= 0.3 is 0 Å². The molecular formula is C15H14F2N2O3S. The second kappa shape index (κ2) is 6.33. The van der Waals surface area contributed by atoms with Gasteiger partial charge in [-0.05, 0) is 36.4 Å². The van der Waals surface area contributed by atoms with Crippen LogP contribution < -0.4 is 9.62 Å². The zero-order valence-corrected chi connectivity index (χ0v) is 13.2. The number of carbonyl (C=O) groups is 1. The first-order chi connectivity index (χ1) is 10.7. The molecule has 0 aliphatic heterocycles. The van der Waals surface area contributed by atoms with Gasteiger partial charge in [0, 0.05) is 31.4 Å². The van der Waals surface area contributed by atoms with Crippen molar-refractivity contribution in [3.8, 4) is 0 Å². The first-order valence-corrected chi connectivity index (χ1v) is 8.01. The van der Waals surface area contributed by atoms with Crippen LogP contribution in [0.15, 0.2) is 47.4 Å². The molecule has 0 bridgehead atoms. The molecule has 23 heavy (non-hydrogen) atoms. The smallest absolute Gasteiger partial charge is 0.264 e. The molecule has 0 aromatic heterocycles. The largest absolute Gasteiger partial charge is 0.316 e. The molecule has 2 aromatic carbocycles. The number of nitrogens with zero attached hydrogens (tertiary/aromatic N) is 1. The van der Waals surface area contributed by atoms with Crippen molar-refractivity contribution in [3.05, 3.63) is 54.1 Å². The fourth-order valence-corrected chi connectivity index (χ4v) is 2.96. The highest BCUT2D eigenvalue weighted by Crippen LogP contribution is 2.22. The molecule has 0 fully saturated rings. The summed E-state index contributed by atoms with van der Waals surface area (Å²) in [5.74, 6) is -2.21. The minimum atomic E-state index is -4.18. The quantitative estimate of drug-likeness (QED) is 0.931. The predicted molar refractivity (Wildman–Crippen MR) is 82.7 cm³/mol. The molecule has 0 saturated carbocycles. The fourth-order valence-electron chi connectivity index (χ4n) is 1.84. The fraction of sp³-hybridized carbons (Fsp3) is 0.133. The maximum Gasteiger partial charge on any atom is 0.264 e. The lowest BCUT2D eigenvalue weighted by molar-refractivity contribution is -0.116. The van der Waals surface area contributed by atoms with E-state index < -0.39 is 26.6 Å². The molecule has 1 N–H and O–H groups in total. The van der Waals surface area contributed by atoms with Crippen molar-refractivity contribution in [2.45, 2.75) is 11.8 Å². The Bertz CT molecular complexity index is 836. The Morgan fingerprint density at radius 1 is 1.09 bits per heavy atom. The van der Waals surface area contributed by atoms with Crippen LogP contribution in [0, 0.1) is 11.6 Å². The molecule has 0 saturated heterocycles. The molecule has 0 spiro atoms. The van der Waals surface area contributed by atoms with Crippen molar-refractivity contribution in [3.63, 3.8) is 0 Å². The van der Waals surface area contributed by atoms with Gasteiger partial charge in [-0.1, -0.05) is 0 Å². The van der Waals surface area contributed by atoms with Crippen LogP contribution in [0.4, 0.5) is 20.2 Å². The van der Waals surface area contributed by atoms with Gasteiger partial charge in [-0.2, -0.15) is 0 Å². The molecule has 2 aromatic rings. The first kappa shape index (κ1) is 16.9. The number of anilines is 2. The van der Waals surface area contributed by atoms with E-state index in [9.17, 15) is 22.0 Å². The SMILES string of the molecule is CC(=O)N(C)c1ccc(NS(=O)(=O)c2ccc(F)cc2F)cc1.